The molecule has 0 aromatic rings. The molecular weight excluding hydrogens is 173 g/mol. The van der Waals surface area contributed by atoms with Crippen LogP contribution in [0.25, 0.3) is 0 Å². The molecule has 0 amide bonds. The molecule has 12 heavy (non-hydrogen) atoms. The van der Waals surface area contributed by atoms with E-state index in [9.17, 15) is 5.21 Å². The second-order valence-corrected chi connectivity index (χ2v) is 2.48. The zero-order valence-electron chi connectivity index (χ0n) is 8.05. The number of aliphatic hydroxyl groups excluding tert-OH is 1. The normalized spacial score (nSPS) is 23.9. The van der Waals surface area contributed by atoms with E-state index in [0.29, 0.717) is 6.54 Å². The Morgan fingerprint density at radius 1 is 1.75 bits per heavy atom. The van der Waals surface area contributed by atoms with Crippen LogP contribution in [0, 0.1) is 5.21 Å². The number of hydrogen-bond acceptors (Lipinski definition) is 3. The van der Waals surface area contributed by atoms with Gasteiger partial charge in [0.2, 0.25) is 5.28 Å². The molecule has 7 heteroatoms. The molecule has 0 spiro atoms. The molecule has 1 rings (SSSR count). The number of rotatable bonds is 2. The molecule has 0 bridgehead atoms. The van der Waals surface area contributed by atoms with Crippen LogP contribution >= 0.6 is 0 Å². The summed E-state index contributed by atoms with van der Waals surface area (Å²) in [6.45, 7) is 0.465. The third kappa shape index (κ3) is 2.48. The average Bonchev–Trinajstić information content (AvgIpc) is 2.50. The summed E-state index contributed by atoms with van der Waals surface area (Å²) in [4.78, 5) is 0.119. The molecule has 1 unspecified atom stereocenters. The van der Waals surface area contributed by atoms with E-state index < -0.39 is 0 Å². The molecule has 1 fully saturated rings. The molecule has 66 valence electrons. The fraction of sp³-hybridized carbons (Fsp3) is 1.00. The van der Waals surface area contributed by atoms with E-state index >= 15 is 0 Å². The van der Waals surface area contributed by atoms with E-state index in [4.69, 9.17) is 10.3 Å². The van der Waals surface area contributed by atoms with Gasteiger partial charge in [0.25, 0.3) is 0 Å². The predicted octanol–water partition coefficient (Wildman–Crippen LogP) is -3.17. The largest absolute Gasteiger partial charge is 1.00 e. The summed E-state index contributed by atoms with van der Waals surface area (Å²) >= 11 is 0. The summed E-state index contributed by atoms with van der Waals surface area (Å²) in [5, 5.41) is 31.3. The first kappa shape index (κ1) is 12.0. The smallest absolute Gasteiger partial charge is 1.00 e. The molecule has 0 aliphatic carbocycles. The van der Waals surface area contributed by atoms with Gasteiger partial charge in [-0.15, -0.1) is 5.01 Å². The summed E-state index contributed by atoms with van der Waals surface area (Å²) in [6.07, 6.45) is 1.62. The summed E-state index contributed by atoms with van der Waals surface area (Å²) in [5.74, 6) is 0. The summed E-state index contributed by atoms with van der Waals surface area (Å²) in [5.41, 5.74) is 0. The Labute approximate surface area is 93.8 Å². The van der Waals surface area contributed by atoms with Crippen molar-refractivity contribution >= 4 is 0 Å². The van der Waals surface area contributed by atoms with Crippen LogP contribution in [0.2, 0.25) is 0 Å². The van der Waals surface area contributed by atoms with Gasteiger partial charge >= 0.3 is 29.6 Å². The standard InChI is InChI=1S/C5H11N3O3.Na.H/c9-4-5-2-1-3-7(5)8(11)6-10;;/h5,9-10H,1-4H2;;/q;+1;-1. The molecule has 0 aromatic heterocycles. The van der Waals surface area contributed by atoms with E-state index in [2.05, 4.69) is 5.28 Å². The molecule has 1 heterocycles. The molecule has 0 radical (unpaired) electrons. The minimum absolute atomic E-state index is 0. The Hall–Kier alpha value is -0.0400. The van der Waals surface area contributed by atoms with Crippen molar-refractivity contribution in [3.05, 3.63) is 5.21 Å². The first-order chi connectivity index (χ1) is 5.29. The van der Waals surface area contributed by atoms with Gasteiger partial charge in [-0.25, -0.2) is 0 Å². The zero-order valence-corrected chi connectivity index (χ0v) is 9.05. The van der Waals surface area contributed by atoms with Crippen molar-refractivity contribution in [3.8, 4) is 0 Å². The van der Waals surface area contributed by atoms with Gasteiger partial charge in [0.05, 0.1) is 18.1 Å². The van der Waals surface area contributed by atoms with Crippen molar-refractivity contribution in [1.29, 1.82) is 0 Å². The van der Waals surface area contributed by atoms with Crippen LogP contribution in [-0.2, 0) is 0 Å². The Morgan fingerprint density at radius 2 is 2.42 bits per heavy atom. The van der Waals surface area contributed by atoms with E-state index in [-0.39, 0.29) is 48.6 Å². The van der Waals surface area contributed by atoms with Gasteiger partial charge in [-0.05, 0) is 12.8 Å². The Kier molecular flexibility index (Phi) is 5.56. The number of nitrogens with zero attached hydrogens (tertiary/aromatic N) is 3. The minimum Gasteiger partial charge on any atom is -1.00 e. The zero-order chi connectivity index (χ0) is 8.27. The van der Waals surface area contributed by atoms with Crippen LogP contribution in [0.3, 0.4) is 0 Å². The molecule has 1 aliphatic heterocycles. The second-order valence-electron chi connectivity index (χ2n) is 2.48. The van der Waals surface area contributed by atoms with Gasteiger partial charge in [0.1, 0.15) is 6.04 Å². The van der Waals surface area contributed by atoms with Gasteiger partial charge in [0, 0.05) is 0 Å². The van der Waals surface area contributed by atoms with Crippen LogP contribution < -0.4 is 29.6 Å². The molecule has 1 saturated heterocycles. The Morgan fingerprint density at radius 3 is 2.92 bits per heavy atom. The van der Waals surface area contributed by atoms with E-state index in [1.54, 1.807) is 0 Å². The van der Waals surface area contributed by atoms with Gasteiger partial charge in [0.15, 0.2) is 0 Å². The van der Waals surface area contributed by atoms with Crippen molar-refractivity contribution in [2.45, 2.75) is 18.9 Å². The fourth-order valence-corrected chi connectivity index (χ4v) is 1.28. The summed E-state index contributed by atoms with van der Waals surface area (Å²) in [6, 6.07) is -0.191. The van der Waals surface area contributed by atoms with Crippen LogP contribution in [-0.4, -0.2) is 39.5 Å². The average molecular weight is 185 g/mol. The first-order valence-electron chi connectivity index (χ1n) is 3.49. The van der Waals surface area contributed by atoms with Gasteiger partial charge in [-0.1, -0.05) is 0 Å². The first-order valence-corrected chi connectivity index (χ1v) is 3.49. The maximum absolute atomic E-state index is 10.7. The molecule has 1 atom stereocenters. The minimum atomic E-state index is -0.191. The van der Waals surface area contributed by atoms with E-state index in [1.165, 1.54) is 5.01 Å². The van der Waals surface area contributed by atoms with Gasteiger partial charge in [-0.2, -0.15) is 0 Å². The summed E-state index contributed by atoms with van der Waals surface area (Å²) in [7, 11) is 0. The molecule has 6 nitrogen and oxygen atoms in total. The molecule has 2 N–H and O–H groups in total. The number of hydrogen-bond donors (Lipinski definition) is 2. The van der Waals surface area contributed by atoms with E-state index in [1.807, 2.05) is 0 Å². The van der Waals surface area contributed by atoms with Crippen LogP contribution in [0.15, 0.2) is 5.28 Å². The SMILES string of the molecule is [H-].[Na+].[O-][N+](=NO)N1CCCC1CO. The van der Waals surface area contributed by atoms with Gasteiger partial charge in [-0.3, -0.25) is 0 Å². The Balaban J connectivity index is 0. The van der Waals surface area contributed by atoms with Crippen molar-refractivity contribution in [2.75, 3.05) is 13.2 Å². The maximum Gasteiger partial charge on any atom is 1.00 e. The van der Waals surface area contributed by atoms with Crippen LogP contribution in [0.1, 0.15) is 14.3 Å². The maximum atomic E-state index is 10.7. The topological polar surface area (TPSA) is 82.1 Å². The van der Waals surface area contributed by atoms with Crippen molar-refractivity contribution < 1.29 is 46.3 Å². The van der Waals surface area contributed by atoms with Crippen molar-refractivity contribution in [1.82, 2.24) is 5.01 Å². The third-order valence-corrected chi connectivity index (χ3v) is 1.85. The summed E-state index contributed by atoms with van der Waals surface area (Å²) < 4.78 is 0. The van der Waals surface area contributed by atoms with Crippen LogP contribution in [0.4, 0.5) is 0 Å². The quantitative estimate of drug-likeness (QED) is 0.206. The number of aliphatic hydroxyl groups is 1. The third-order valence-electron chi connectivity index (χ3n) is 1.85. The van der Waals surface area contributed by atoms with Crippen molar-refractivity contribution in [2.24, 2.45) is 5.28 Å². The molecule has 0 aromatic carbocycles. The molecule has 0 saturated carbocycles. The molecular formula is C5H12N3NaO3. The van der Waals surface area contributed by atoms with E-state index in [0.717, 1.165) is 12.8 Å². The predicted molar refractivity (Wildman–Crippen MR) is 35.8 cm³/mol. The second kappa shape index (κ2) is 5.58. The molecule has 1 aliphatic rings. The van der Waals surface area contributed by atoms with Crippen LogP contribution in [0.5, 0.6) is 0 Å². The Bertz CT molecular complexity index is 171. The van der Waals surface area contributed by atoms with Gasteiger partial charge < -0.3 is 16.9 Å². The monoisotopic (exact) mass is 185 g/mol. The number of hydrazine groups is 1. The fourth-order valence-electron chi connectivity index (χ4n) is 1.28. The van der Waals surface area contributed by atoms with Crippen molar-refractivity contribution in [3.63, 3.8) is 0 Å².